The lowest BCUT2D eigenvalue weighted by molar-refractivity contribution is -0.130. The molecule has 0 radical (unpaired) electrons. The zero-order chi connectivity index (χ0) is 19.4. The van der Waals surface area contributed by atoms with Crippen LogP contribution in [0.15, 0.2) is 24.3 Å². The van der Waals surface area contributed by atoms with Gasteiger partial charge in [0, 0.05) is 31.7 Å². The van der Waals surface area contributed by atoms with Crippen LogP contribution in [0.25, 0.3) is 0 Å². The SMILES string of the molecule is CC(C)(CNS(=O)N1Cc2ccccc2C1)NCC(=O)N1CCC[C@H]1C#N. The molecular formula is C19H27N5O2S. The topological polar surface area (TPSA) is 88.5 Å². The summed E-state index contributed by atoms with van der Waals surface area (Å²) in [4.78, 5) is 14.0. The molecule has 27 heavy (non-hydrogen) atoms. The molecule has 0 aromatic heterocycles. The average Bonchev–Trinajstić information content (AvgIpc) is 3.30. The third-order valence-electron chi connectivity index (χ3n) is 5.12. The number of likely N-dealkylation sites (tertiary alicyclic amines) is 1. The van der Waals surface area contributed by atoms with Gasteiger partial charge in [-0.15, -0.1) is 0 Å². The summed E-state index contributed by atoms with van der Waals surface area (Å²) in [6, 6.07) is 10.0. The van der Waals surface area contributed by atoms with Crippen LogP contribution >= 0.6 is 0 Å². The second-order valence-corrected chi connectivity index (χ2v) is 9.05. The zero-order valence-electron chi connectivity index (χ0n) is 15.9. The van der Waals surface area contributed by atoms with Gasteiger partial charge in [-0.25, -0.2) is 13.2 Å². The van der Waals surface area contributed by atoms with Crippen molar-refractivity contribution >= 4 is 17.1 Å². The molecule has 1 fully saturated rings. The normalized spacial score (nSPS) is 21.1. The first-order valence-electron chi connectivity index (χ1n) is 9.31. The lowest BCUT2D eigenvalue weighted by Gasteiger charge is -2.29. The van der Waals surface area contributed by atoms with Crippen LogP contribution in [0, 0.1) is 11.3 Å². The molecule has 1 saturated heterocycles. The molecule has 2 heterocycles. The van der Waals surface area contributed by atoms with Gasteiger partial charge in [0.15, 0.2) is 11.2 Å². The zero-order valence-corrected chi connectivity index (χ0v) is 16.7. The molecule has 7 nitrogen and oxygen atoms in total. The van der Waals surface area contributed by atoms with Gasteiger partial charge in [-0.1, -0.05) is 24.3 Å². The number of amides is 1. The Balaban J connectivity index is 1.44. The smallest absolute Gasteiger partial charge is 0.237 e. The molecule has 3 rings (SSSR count). The van der Waals surface area contributed by atoms with E-state index in [4.69, 9.17) is 5.26 Å². The highest BCUT2D eigenvalue weighted by Gasteiger charge is 2.30. The second-order valence-electron chi connectivity index (χ2n) is 7.75. The Morgan fingerprint density at radius 2 is 2.00 bits per heavy atom. The van der Waals surface area contributed by atoms with Gasteiger partial charge in [-0.3, -0.25) is 4.79 Å². The Kier molecular flexibility index (Phi) is 6.27. The summed E-state index contributed by atoms with van der Waals surface area (Å²) in [6.07, 6.45) is 1.64. The van der Waals surface area contributed by atoms with Crippen LogP contribution in [-0.4, -0.2) is 50.5 Å². The Morgan fingerprint density at radius 3 is 2.63 bits per heavy atom. The van der Waals surface area contributed by atoms with Gasteiger partial charge in [-0.05, 0) is 37.8 Å². The van der Waals surface area contributed by atoms with E-state index in [1.165, 1.54) is 11.1 Å². The van der Waals surface area contributed by atoms with E-state index in [2.05, 4.69) is 28.2 Å². The number of benzene rings is 1. The second kappa shape index (κ2) is 8.48. The minimum Gasteiger partial charge on any atom is -0.326 e. The summed E-state index contributed by atoms with van der Waals surface area (Å²) in [5.74, 6) is -0.0526. The molecule has 2 N–H and O–H groups in total. The van der Waals surface area contributed by atoms with E-state index in [0.29, 0.717) is 26.2 Å². The van der Waals surface area contributed by atoms with Gasteiger partial charge in [0.25, 0.3) is 0 Å². The van der Waals surface area contributed by atoms with Crippen molar-refractivity contribution in [3.05, 3.63) is 35.4 Å². The third-order valence-corrected chi connectivity index (χ3v) is 6.24. The van der Waals surface area contributed by atoms with Crippen LogP contribution in [0.3, 0.4) is 0 Å². The van der Waals surface area contributed by atoms with E-state index in [1.54, 1.807) is 4.90 Å². The molecule has 1 amide bonds. The molecular weight excluding hydrogens is 362 g/mol. The molecule has 146 valence electrons. The molecule has 0 bridgehead atoms. The quantitative estimate of drug-likeness (QED) is 0.730. The number of nitrogens with one attached hydrogen (secondary N) is 2. The van der Waals surface area contributed by atoms with Crippen LogP contribution in [-0.2, 0) is 29.1 Å². The molecule has 1 unspecified atom stereocenters. The molecule has 0 spiro atoms. The van der Waals surface area contributed by atoms with Gasteiger partial charge in [0.05, 0.1) is 12.6 Å². The first kappa shape index (κ1) is 20.0. The summed E-state index contributed by atoms with van der Waals surface area (Å²) < 4.78 is 17.5. The summed E-state index contributed by atoms with van der Waals surface area (Å²) in [7, 11) is 0. The fraction of sp³-hybridized carbons (Fsp3) is 0.579. The standard InChI is InChI=1S/C19H27N5O2S/c1-19(2,21-11-18(25)24-9-5-8-17(24)10-20)14-22-27(26)23-12-15-6-3-4-7-16(15)13-23/h3-4,6-7,17,21-22H,5,8-9,11-14H2,1-2H3/t17-,27?/m0/s1. The van der Waals surface area contributed by atoms with E-state index in [9.17, 15) is 9.00 Å². The fourth-order valence-electron chi connectivity index (χ4n) is 3.43. The van der Waals surface area contributed by atoms with Crippen LogP contribution < -0.4 is 10.0 Å². The monoisotopic (exact) mass is 389 g/mol. The van der Waals surface area contributed by atoms with Crippen molar-refractivity contribution in [2.24, 2.45) is 0 Å². The van der Waals surface area contributed by atoms with Crippen molar-refractivity contribution in [3.8, 4) is 6.07 Å². The Morgan fingerprint density at radius 1 is 1.33 bits per heavy atom. The Bertz CT molecular complexity index is 736. The number of rotatable bonds is 7. The Hall–Kier alpha value is -1.79. The lowest BCUT2D eigenvalue weighted by Crippen LogP contribution is -2.53. The molecule has 2 atom stereocenters. The van der Waals surface area contributed by atoms with E-state index in [0.717, 1.165) is 12.8 Å². The minimum atomic E-state index is -1.29. The van der Waals surface area contributed by atoms with Crippen LogP contribution in [0.5, 0.6) is 0 Å². The van der Waals surface area contributed by atoms with Crippen LogP contribution in [0.1, 0.15) is 37.8 Å². The van der Waals surface area contributed by atoms with Crippen LogP contribution in [0.2, 0.25) is 0 Å². The summed E-state index contributed by atoms with van der Waals surface area (Å²) in [5.41, 5.74) is 2.03. The van der Waals surface area contributed by atoms with Crippen molar-refractivity contribution in [1.82, 2.24) is 19.2 Å². The highest BCUT2D eigenvalue weighted by Crippen LogP contribution is 2.23. The fourth-order valence-corrected chi connectivity index (χ4v) is 4.61. The van der Waals surface area contributed by atoms with Crippen molar-refractivity contribution < 1.29 is 9.00 Å². The van der Waals surface area contributed by atoms with Gasteiger partial charge in [0.1, 0.15) is 6.04 Å². The van der Waals surface area contributed by atoms with Crippen molar-refractivity contribution in [3.63, 3.8) is 0 Å². The highest BCUT2D eigenvalue weighted by atomic mass is 32.2. The first-order valence-corrected chi connectivity index (χ1v) is 10.4. The molecule has 8 heteroatoms. The summed E-state index contributed by atoms with van der Waals surface area (Å²) in [5, 5.41) is 12.3. The summed E-state index contributed by atoms with van der Waals surface area (Å²) >= 11 is -1.29. The van der Waals surface area contributed by atoms with Crippen molar-refractivity contribution in [2.75, 3.05) is 19.6 Å². The van der Waals surface area contributed by atoms with Gasteiger partial charge in [-0.2, -0.15) is 5.26 Å². The molecule has 2 aliphatic rings. The van der Waals surface area contributed by atoms with Crippen molar-refractivity contribution in [1.29, 1.82) is 5.26 Å². The predicted molar refractivity (Wildman–Crippen MR) is 104 cm³/mol. The molecule has 2 aliphatic heterocycles. The molecule has 1 aromatic rings. The number of carbonyl (C=O) groups excluding carboxylic acids is 1. The maximum atomic E-state index is 12.6. The van der Waals surface area contributed by atoms with E-state index in [1.807, 2.05) is 30.3 Å². The molecule has 1 aromatic carbocycles. The van der Waals surface area contributed by atoms with E-state index < -0.39 is 16.7 Å². The maximum absolute atomic E-state index is 12.6. The van der Waals surface area contributed by atoms with Gasteiger partial charge >= 0.3 is 0 Å². The number of hydrogen-bond acceptors (Lipinski definition) is 4. The molecule has 0 aliphatic carbocycles. The Labute approximate surface area is 163 Å². The van der Waals surface area contributed by atoms with Gasteiger partial charge in [0.2, 0.25) is 5.91 Å². The first-order chi connectivity index (χ1) is 12.9. The van der Waals surface area contributed by atoms with E-state index >= 15 is 0 Å². The average molecular weight is 390 g/mol. The highest BCUT2D eigenvalue weighted by molar-refractivity contribution is 7.80. The summed E-state index contributed by atoms with van der Waals surface area (Å²) in [6.45, 7) is 6.57. The largest absolute Gasteiger partial charge is 0.326 e. The van der Waals surface area contributed by atoms with Gasteiger partial charge < -0.3 is 10.2 Å². The number of nitrogens with zero attached hydrogens (tertiary/aromatic N) is 3. The third kappa shape index (κ3) is 4.93. The lowest BCUT2D eigenvalue weighted by atomic mass is 10.1. The minimum absolute atomic E-state index is 0.0526. The number of nitriles is 1. The number of hydrogen-bond donors (Lipinski definition) is 2. The van der Waals surface area contributed by atoms with Crippen molar-refractivity contribution in [2.45, 2.75) is 51.4 Å². The number of fused-ring (bicyclic) bond motifs is 1. The predicted octanol–water partition coefficient (Wildman–Crippen LogP) is 1.05. The maximum Gasteiger partial charge on any atom is 0.237 e. The number of carbonyl (C=O) groups is 1. The van der Waals surface area contributed by atoms with Crippen LogP contribution in [0.4, 0.5) is 0 Å². The molecule has 0 saturated carbocycles. The van der Waals surface area contributed by atoms with E-state index in [-0.39, 0.29) is 18.5 Å².